The molecule has 0 spiro atoms. The molecule has 0 aromatic carbocycles. The van der Waals surface area contributed by atoms with Gasteiger partial charge >= 0.3 is 0 Å². The van der Waals surface area contributed by atoms with Crippen molar-refractivity contribution in [2.75, 3.05) is 13.6 Å². The molecule has 0 N–H and O–H groups in total. The third-order valence-corrected chi connectivity index (χ3v) is 2.14. The van der Waals surface area contributed by atoms with E-state index in [1.165, 1.54) is 11.0 Å². The van der Waals surface area contributed by atoms with Crippen molar-refractivity contribution in [2.45, 2.75) is 6.92 Å². The van der Waals surface area contributed by atoms with Gasteiger partial charge in [-0.05, 0) is 25.1 Å². The van der Waals surface area contributed by atoms with Crippen LogP contribution in [0.4, 0.5) is 0 Å². The van der Waals surface area contributed by atoms with Gasteiger partial charge in [-0.25, -0.2) is 0 Å². The number of nitrogens with zero attached hydrogens (tertiary/aromatic N) is 2. The van der Waals surface area contributed by atoms with Gasteiger partial charge in [0.2, 0.25) is 6.29 Å². The predicted molar refractivity (Wildman–Crippen MR) is 61.2 cm³/mol. The van der Waals surface area contributed by atoms with E-state index >= 15 is 0 Å². The Morgan fingerprint density at radius 1 is 1.56 bits per heavy atom. The van der Waals surface area contributed by atoms with E-state index in [-0.39, 0.29) is 11.5 Å². The van der Waals surface area contributed by atoms with E-state index < -0.39 is 0 Å². The Kier molecular flexibility index (Phi) is 4.39. The minimum absolute atomic E-state index is 0.0111. The Labute approximate surface area is 94.6 Å². The van der Waals surface area contributed by atoms with Crippen molar-refractivity contribution in [1.29, 1.82) is 0 Å². The summed E-state index contributed by atoms with van der Waals surface area (Å²) in [4.78, 5) is 27.8. The molecule has 0 atom stereocenters. The zero-order chi connectivity index (χ0) is 12.0. The summed E-state index contributed by atoms with van der Waals surface area (Å²) in [7, 11) is 1.63. The Morgan fingerprint density at radius 2 is 2.31 bits per heavy atom. The van der Waals surface area contributed by atoms with Crippen LogP contribution in [-0.4, -0.2) is 35.7 Å². The van der Waals surface area contributed by atoms with E-state index in [1.807, 2.05) is 6.92 Å². The Hall–Kier alpha value is -1.97. The number of amides is 1. The van der Waals surface area contributed by atoms with Gasteiger partial charge in [0.15, 0.2) is 0 Å². The van der Waals surface area contributed by atoms with Crippen LogP contribution in [-0.2, 0) is 9.59 Å². The summed E-state index contributed by atoms with van der Waals surface area (Å²) in [6, 6.07) is 5.27. The lowest BCUT2D eigenvalue weighted by atomic mass is 10.2. The third kappa shape index (κ3) is 3.02. The van der Waals surface area contributed by atoms with Gasteiger partial charge in [-0.3, -0.25) is 14.6 Å². The van der Waals surface area contributed by atoms with Crippen molar-refractivity contribution in [3.8, 4) is 0 Å². The first-order valence-electron chi connectivity index (χ1n) is 4.95. The van der Waals surface area contributed by atoms with Gasteiger partial charge in [0.1, 0.15) is 0 Å². The minimum atomic E-state index is -0.344. The summed E-state index contributed by atoms with van der Waals surface area (Å²) in [5, 5.41) is 0. The monoisotopic (exact) mass is 217 g/mol. The molecule has 1 rings (SSSR count). The molecule has 4 nitrogen and oxygen atoms in total. The standard InChI is InChI=1S/C12H13N2O2/c1-3-14(2)12(16)10(9-15)8-11-6-4-5-7-13-11/h4-8H,3H2,1-2H3. The van der Waals surface area contributed by atoms with Crippen LogP contribution in [0.1, 0.15) is 12.6 Å². The fourth-order valence-corrected chi connectivity index (χ4v) is 1.09. The SMILES string of the molecule is CCN(C)C(=O)C([C]=O)=Cc1ccccn1. The van der Waals surface area contributed by atoms with E-state index in [4.69, 9.17) is 0 Å². The number of pyridine rings is 1. The second-order valence-electron chi connectivity index (χ2n) is 3.23. The van der Waals surface area contributed by atoms with E-state index in [9.17, 15) is 9.59 Å². The van der Waals surface area contributed by atoms with Gasteiger partial charge in [-0.1, -0.05) is 6.07 Å². The molecule has 0 aliphatic rings. The number of hydrogen-bond donors (Lipinski definition) is 0. The molecule has 83 valence electrons. The number of carbonyl (C=O) groups excluding carboxylic acids is 2. The molecule has 0 aliphatic carbocycles. The Balaban J connectivity index is 2.95. The fraction of sp³-hybridized carbons (Fsp3) is 0.250. The molecule has 1 aromatic rings. The van der Waals surface area contributed by atoms with Crippen LogP contribution >= 0.6 is 0 Å². The van der Waals surface area contributed by atoms with Gasteiger partial charge in [-0.2, -0.15) is 0 Å². The van der Waals surface area contributed by atoms with Gasteiger partial charge in [0.05, 0.1) is 11.3 Å². The normalized spacial score (nSPS) is 11.0. The Morgan fingerprint density at radius 3 is 2.81 bits per heavy atom. The minimum Gasteiger partial charge on any atom is -0.342 e. The smallest absolute Gasteiger partial charge is 0.257 e. The van der Waals surface area contributed by atoms with Crippen LogP contribution in [0.3, 0.4) is 0 Å². The molecule has 0 saturated carbocycles. The highest BCUT2D eigenvalue weighted by molar-refractivity contribution is 6.14. The largest absolute Gasteiger partial charge is 0.342 e. The van der Waals surface area contributed by atoms with Crippen molar-refractivity contribution in [1.82, 2.24) is 9.88 Å². The number of carbonyl (C=O) groups is 1. The highest BCUT2D eigenvalue weighted by Crippen LogP contribution is 2.04. The topological polar surface area (TPSA) is 50.3 Å². The van der Waals surface area contributed by atoms with E-state index in [2.05, 4.69) is 4.98 Å². The maximum Gasteiger partial charge on any atom is 0.257 e. The molecule has 1 amide bonds. The first-order valence-corrected chi connectivity index (χ1v) is 4.95. The Bertz CT molecular complexity index is 399. The molecule has 0 saturated heterocycles. The van der Waals surface area contributed by atoms with Gasteiger partial charge in [0, 0.05) is 19.8 Å². The maximum absolute atomic E-state index is 11.7. The quantitative estimate of drug-likeness (QED) is 0.430. The van der Waals surface area contributed by atoms with E-state index in [1.54, 1.807) is 37.7 Å². The summed E-state index contributed by atoms with van der Waals surface area (Å²) in [6.45, 7) is 2.38. The van der Waals surface area contributed by atoms with Crippen LogP contribution in [0.5, 0.6) is 0 Å². The fourth-order valence-electron chi connectivity index (χ4n) is 1.09. The van der Waals surface area contributed by atoms with Gasteiger partial charge < -0.3 is 4.90 Å². The summed E-state index contributed by atoms with van der Waals surface area (Å²) < 4.78 is 0. The molecule has 1 aromatic heterocycles. The highest BCUT2D eigenvalue weighted by Gasteiger charge is 2.13. The van der Waals surface area contributed by atoms with Crippen molar-refractivity contribution in [3.63, 3.8) is 0 Å². The highest BCUT2D eigenvalue weighted by atomic mass is 16.2. The van der Waals surface area contributed by atoms with E-state index in [0.717, 1.165) is 0 Å². The zero-order valence-electron chi connectivity index (χ0n) is 9.30. The molecule has 4 heteroatoms. The molecule has 16 heavy (non-hydrogen) atoms. The van der Waals surface area contributed by atoms with E-state index in [0.29, 0.717) is 12.2 Å². The average Bonchev–Trinajstić information content (AvgIpc) is 2.35. The van der Waals surface area contributed by atoms with Crippen molar-refractivity contribution >= 4 is 18.3 Å². The van der Waals surface area contributed by atoms with Crippen LogP contribution in [0, 0.1) is 0 Å². The zero-order valence-corrected chi connectivity index (χ0v) is 9.30. The van der Waals surface area contributed by atoms with Crippen LogP contribution < -0.4 is 0 Å². The average molecular weight is 217 g/mol. The van der Waals surface area contributed by atoms with Crippen molar-refractivity contribution in [2.24, 2.45) is 0 Å². The second kappa shape index (κ2) is 5.80. The molecular weight excluding hydrogens is 204 g/mol. The number of rotatable bonds is 4. The molecule has 1 radical (unpaired) electrons. The summed E-state index contributed by atoms with van der Waals surface area (Å²) >= 11 is 0. The van der Waals surface area contributed by atoms with Crippen molar-refractivity contribution < 1.29 is 9.59 Å². The molecule has 0 fully saturated rings. The molecule has 0 aliphatic heterocycles. The molecule has 0 unspecified atom stereocenters. The summed E-state index contributed by atoms with van der Waals surface area (Å²) in [6.07, 6.45) is 4.68. The van der Waals surface area contributed by atoms with Gasteiger partial charge in [-0.15, -0.1) is 0 Å². The van der Waals surface area contributed by atoms with Crippen LogP contribution in [0.25, 0.3) is 6.08 Å². The molecule has 1 heterocycles. The number of hydrogen-bond acceptors (Lipinski definition) is 3. The lowest BCUT2D eigenvalue weighted by molar-refractivity contribution is -0.125. The summed E-state index contributed by atoms with van der Waals surface area (Å²) in [5.41, 5.74) is 0.557. The second-order valence-corrected chi connectivity index (χ2v) is 3.23. The lowest BCUT2D eigenvalue weighted by Crippen LogP contribution is -2.28. The lowest BCUT2D eigenvalue weighted by Gasteiger charge is -2.13. The van der Waals surface area contributed by atoms with Crippen LogP contribution in [0.15, 0.2) is 30.0 Å². The molecule has 0 bridgehead atoms. The third-order valence-electron chi connectivity index (χ3n) is 2.14. The maximum atomic E-state index is 11.7. The van der Waals surface area contributed by atoms with Crippen molar-refractivity contribution in [3.05, 3.63) is 35.7 Å². The number of aromatic nitrogens is 1. The number of likely N-dealkylation sites (N-methyl/N-ethyl adjacent to an activating group) is 1. The predicted octanol–water partition coefficient (Wildman–Crippen LogP) is 1.05. The first kappa shape index (κ1) is 12.1. The van der Waals surface area contributed by atoms with Crippen LogP contribution in [0.2, 0.25) is 0 Å². The summed E-state index contributed by atoms with van der Waals surface area (Å²) in [5.74, 6) is -0.344. The molecular formula is C12H13N2O2. The van der Waals surface area contributed by atoms with Gasteiger partial charge in [0.25, 0.3) is 5.91 Å². The first-order chi connectivity index (χ1) is 7.69.